The molecule has 0 radical (unpaired) electrons. The molecule has 0 spiro atoms. The first-order valence-corrected chi connectivity index (χ1v) is 5.38. The van der Waals surface area contributed by atoms with Crippen LogP contribution in [0.15, 0.2) is 18.2 Å². The van der Waals surface area contributed by atoms with Crippen molar-refractivity contribution in [2.24, 2.45) is 5.92 Å². The van der Waals surface area contributed by atoms with Crippen LogP contribution in [0, 0.1) is 17.6 Å². The van der Waals surface area contributed by atoms with Crippen LogP contribution < -0.4 is 5.32 Å². The molecule has 16 heavy (non-hydrogen) atoms. The molecule has 1 aromatic rings. The smallest absolute Gasteiger partial charge is 0.166 e. The Kier molecular flexibility index (Phi) is 3.29. The lowest BCUT2D eigenvalue weighted by molar-refractivity contribution is 0.0894. The summed E-state index contributed by atoms with van der Waals surface area (Å²) in [6.07, 6.45) is 1.52. The molecule has 0 aliphatic carbocycles. The average Bonchev–Trinajstić information content (AvgIpc) is 2.33. The van der Waals surface area contributed by atoms with Crippen LogP contribution in [-0.2, 0) is 0 Å². The monoisotopic (exact) mass is 225 g/mol. The third-order valence-corrected chi connectivity index (χ3v) is 2.91. The number of carbonyl (C=O) groups excluding carboxylic acids is 1. The number of rotatable bonds is 2. The van der Waals surface area contributed by atoms with Crippen LogP contribution in [-0.4, -0.2) is 18.9 Å². The lowest BCUT2D eigenvalue weighted by atomic mass is 9.89. The molecule has 0 atom stereocenters. The van der Waals surface area contributed by atoms with Gasteiger partial charge in [-0.1, -0.05) is 0 Å². The van der Waals surface area contributed by atoms with Crippen molar-refractivity contribution >= 4 is 5.78 Å². The zero-order valence-electron chi connectivity index (χ0n) is 8.80. The molecular weight excluding hydrogens is 212 g/mol. The van der Waals surface area contributed by atoms with Crippen molar-refractivity contribution in [3.8, 4) is 0 Å². The number of Topliss-reactive ketones (excluding diaryl/α,β-unsaturated/α-hetero) is 1. The molecule has 1 aromatic carbocycles. The maximum Gasteiger partial charge on any atom is 0.166 e. The summed E-state index contributed by atoms with van der Waals surface area (Å²) in [6.45, 7) is 1.61. The summed E-state index contributed by atoms with van der Waals surface area (Å²) in [7, 11) is 0. The Morgan fingerprint density at radius 1 is 1.19 bits per heavy atom. The van der Waals surface area contributed by atoms with E-state index in [1.54, 1.807) is 0 Å². The van der Waals surface area contributed by atoms with E-state index >= 15 is 0 Å². The predicted octanol–water partition coefficient (Wildman–Crippen LogP) is 2.15. The van der Waals surface area contributed by atoms with E-state index < -0.39 is 11.6 Å². The largest absolute Gasteiger partial charge is 0.317 e. The third-order valence-electron chi connectivity index (χ3n) is 2.91. The second-order valence-electron chi connectivity index (χ2n) is 4.02. The van der Waals surface area contributed by atoms with Crippen LogP contribution in [0.25, 0.3) is 0 Å². The van der Waals surface area contributed by atoms with Crippen LogP contribution in [0.4, 0.5) is 8.78 Å². The molecule has 2 nitrogen and oxygen atoms in total. The zero-order valence-corrected chi connectivity index (χ0v) is 8.80. The van der Waals surface area contributed by atoms with E-state index in [-0.39, 0.29) is 17.3 Å². The summed E-state index contributed by atoms with van der Waals surface area (Å²) in [6, 6.07) is 3.34. The van der Waals surface area contributed by atoms with Gasteiger partial charge in [0.2, 0.25) is 0 Å². The molecule has 0 aromatic heterocycles. The molecule has 1 aliphatic heterocycles. The maximum atomic E-state index is 13.0. The van der Waals surface area contributed by atoms with Gasteiger partial charge in [-0.15, -0.1) is 0 Å². The molecule has 2 rings (SSSR count). The quantitative estimate of drug-likeness (QED) is 0.781. The summed E-state index contributed by atoms with van der Waals surface area (Å²) in [5, 5.41) is 3.16. The van der Waals surface area contributed by atoms with Gasteiger partial charge in [0.15, 0.2) is 17.4 Å². The van der Waals surface area contributed by atoms with Crippen LogP contribution in [0.1, 0.15) is 23.2 Å². The van der Waals surface area contributed by atoms with Gasteiger partial charge in [0.1, 0.15) is 0 Å². The van der Waals surface area contributed by atoms with Crippen molar-refractivity contribution in [1.82, 2.24) is 5.32 Å². The summed E-state index contributed by atoms with van der Waals surface area (Å²) in [4.78, 5) is 11.9. The number of nitrogens with one attached hydrogen (secondary N) is 1. The van der Waals surface area contributed by atoms with E-state index in [4.69, 9.17) is 0 Å². The minimum Gasteiger partial charge on any atom is -0.317 e. The number of halogens is 2. The number of hydrogen-bond acceptors (Lipinski definition) is 2. The third kappa shape index (κ3) is 2.27. The first-order valence-electron chi connectivity index (χ1n) is 5.38. The van der Waals surface area contributed by atoms with Crippen molar-refractivity contribution < 1.29 is 13.6 Å². The van der Waals surface area contributed by atoms with Gasteiger partial charge in [-0.05, 0) is 44.1 Å². The Morgan fingerprint density at radius 3 is 2.50 bits per heavy atom. The van der Waals surface area contributed by atoms with Crippen LogP contribution in [0.5, 0.6) is 0 Å². The first-order chi connectivity index (χ1) is 7.68. The summed E-state index contributed by atoms with van der Waals surface area (Å²) >= 11 is 0. The van der Waals surface area contributed by atoms with Crippen molar-refractivity contribution in [3.63, 3.8) is 0 Å². The SMILES string of the molecule is O=C(c1ccc(F)c(F)c1)C1CCNCC1. The second-order valence-corrected chi connectivity index (χ2v) is 4.02. The molecule has 0 bridgehead atoms. The van der Waals surface area contributed by atoms with Crippen molar-refractivity contribution in [2.75, 3.05) is 13.1 Å². The van der Waals surface area contributed by atoms with E-state index in [1.165, 1.54) is 6.07 Å². The highest BCUT2D eigenvalue weighted by Gasteiger charge is 2.22. The van der Waals surface area contributed by atoms with Crippen molar-refractivity contribution in [2.45, 2.75) is 12.8 Å². The van der Waals surface area contributed by atoms with Crippen LogP contribution >= 0.6 is 0 Å². The highest BCUT2D eigenvalue weighted by atomic mass is 19.2. The summed E-state index contributed by atoms with van der Waals surface area (Å²) < 4.78 is 25.7. The fraction of sp³-hybridized carbons (Fsp3) is 0.417. The predicted molar refractivity (Wildman–Crippen MR) is 56.3 cm³/mol. The van der Waals surface area contributed by atoms with Gasteiger partial charge in [-0.2, -0.15) is 0 Å². The Morgan fingerprint density at radius 2 is 1.88 bits per heavy atom. The Hall–Kier alpha value is -1.29. The molecule has 0 unspecified atom stereocenters. The first kappa shape index (κ1) is 11.2. The topological polar surface area (TPSA) is 29.1 Å². The molecule has 1 saturated heterocycles. The highest BCUT2D eigenvalue weighted by molar-refractivity contribution is 5.97. The van der Waals surface area contributed by atoms with Gasteiger partial charge in [0.25, 0.3) is 0 Å². The fourth-order valence-corrected chi connectivity index (χ4v) is 1.97. The normalized spacial score (nSPS) is 17.4. The molecule has 1 N–H and O–H groups in total. The second kappa shape index (κ2) is 4.70. The lowest BCUT2D eigenvalue weighted by Gasteiger charge is -2.21. The van der Waals surface area contributed by atoms with Crippen LogP contribution in [0.3, 0.4) is 0 Å². The Balaban J connectivity index is 2.16. The van der Waals surface area contributed by atoms with E-state index in [9.17, 15) is 13.6 Å². The minimum absolute atomic E-state index is 0.0638. The Labute approximate surface area is 92.7 Å². The van der Waals surface area contributed by atoms with Crippen molar-refractivity contribution in [1.29, 1.82) is 0 Å². The van der Waals surface area contributed by atoms with Gasteiger partial charge < -0.3 is 5.32 Å². The number of benzene rings is 1. The van der Waals surface area contributed by atoms with Gasteiger partial charge in [0, 0.05) is 11.5 Å². The van der Waals surface area contributed by atoms with Gasteiger partial charge in [0.05, 0.1) is 0 Å². The minimum atomic E-state index is -0.959. The number of hydrogen-bond donors (Lipinski definition) is 1. The number of carbonyl (C=O) groups is 1. The molecular formula is C12H13F2NO. The average molecular weight is 225 g/mol. The molecule has 4 heteroatoms. The van der Waals surface area contributed by atoms with Gasteiger partial charge >= 0.3 is 0 Å². The molecule has 1 aliphatic rings. The van der Waals surface area contributed by atoms with E-state index in [1.807, 2.05) is 0 Å². The van der Waals surface area contributed by atoms with Gasteiger partial charge in [-0.3, -0.25) is 4.79 Å². The standard InChI is InChI=1S/C12H13F2NO/c13-10-2-1-9(7-11(10)14)12(16)8-3-5-15-6-4-8/h1-2,7-8,15H,3-6H2. The summed E-state index contributed by atoms with van der Waals surface area (Å²) in [5.41, 5.74) is 0.269. The van der Waals surface area contributed by atoms with Crippen molar-refractivity contribution in [3.05, 3.63) is 35.4 Å². The molecule has 86 valence electrons. The number of piperidine rings is 1. The Bertz CT molecular complexity index is 400. The number of ketones is 1. The summed E-state index contributed by atoms with van der Waals surface area (Å²) in [5.74, 6) is -2.02. The van der Waals surface area contributed by atoms with Crippen LogP contribution in [0.2, 0.25) is 0 Å². The van der Waals surface area contributed by atoms with E-state index in [0.29, 0.717) is 0 Å². The van der Waals surface area contributed by atoms with Gasteiger partial charge in [-0.25, -0.2) is 8.78 Å². The fourth-order valence-electron chi connectivity index (χ4n) is 1.97. The maximum absolute atomic E-state index is 13.0. The van der Waals surface area contributed by atoms with E-state index in [2.05, 4.69) is 5.32 Å². The highest BCUT2D eigenvalue weighted by Crippen LogP contribution is 2.19. The van der Waals surface area contributed by atoms with E-state index in [0.717, 1.165) is 38.1 Å². The molecule has 1 heterocycles. The lowest BCUT2D eigenvalue weighted by Crippen LogP contribution is -2.31. The molecule has 0 saturated carbocycles. The molecule has 0 amide bonds. The zero-order chi connectivity index (χ0) is 11.5. The molecule has 1 fully saturated rings.